The summed E-state index contributed by atoms with van der Waals surface area (Å²) in [5.41, 5.74) is 4.57. The number of hydrogen-bond acceptors (Lipinski definition) is 3. The molecule has 0 fully saturated rings. The van der Waals surface area contributed by atoms with Crippen molar-refractivity contribution in [1.82, 2.24) is 10.7 Å². The molecule has 0 atom stereocenters. The average Bonchev–Trinajstić information content (AvgIpc) is 2.60. The fraction of sp³-hybridized carbons (Fsp3) is 0.111. The molecule has 2 N–H and O–H groups in total. The molecule has 24 heavy (non-hydrogen) atoms. The minimum atomic E-state index is 0.411. The molecule has 0 amide bonds. The van der Waals surface area contributed by atoms with Crippen LogP contribution in [-0.4, -0.2) is 17.9 Å². The number of nitrogens with one attached hydrogen (secondary N) is 2. The molecule has 0 spiro atoms. The normalized spacial score (nSPS) is 10.4. The second-order valence-corrected chi connectivity index (χ2v) is 5.64. The molecule has 0 aliphatic carbocycles. The molecule has 6 heteroatoms. The molecule has 0 radical (unpaired) electrons. The van der Waals surface area contributed by atoms with E-state index < -0.39 is 0 Å². The van der Waals surface area contributed by atoms with Crippen LogP contribution >= 0.6 is 23.8 Å². The number of hydrogen-bond donors (Lipinski definition) is 2. The standard InChI is InChI=1S/C18H18ClN3OS/c1-2-10-20-18(24)22-21-12-14-6-5-8-16(11-14)23-13-15-7-3-4-9-17(15)19/h2-9,11-12H,1,10,13H2,(H2,20,22,24)/b21-12+. The van der Waals surface area contributed by atoms with Crippen LogP contribution in [0.3, 0.4) is 0 Å². The molecular weight excluding hydrogens is 342 g/mol. The van der Waals surface area contributed by atoms with Crippen molar-refractivity contribution in [1.29, 1.82) is 0 Å². The summed E-state index contributed by atoms with van der Waals surface area (Å²) in [7, 11) is 0. The number of halogens is 1. The Morgan fingerprint density at radius 2 is 2.08 bits per heavy atom. The Kier molecular flexibility index (Phi) is 7.26. The molecule has 2 rings (SSSR count). The van der Waals surface area contributed by atoms with Crippen molar-refractivity contribution >= 4 is 35.1 Å². The highest BCUT2D eigenvalue weighted by atomic mass is 35.5. The number of thiocarbonyl (C=S) groups is 1. The van der Waals surface area contributed by atoms with Gasteiger partial charge in [-0.2, -0.15) is 5.10 Å². The lowest BCUT2D eigenvalue weighted by Gasteiger charge is -2.08. The SMILES string of the molecule is C=CCNC(=S)N/N=C/c1cccc(OCc2ccccc2Cl)c1. The van der Waals surface area contributed by atoms with Gasteiger partial charge in [-0.1, -0.05) is 48.0 Å². The lowest BCUT2D eigenvalue weighted by Crippen LogP contribution is -2.31. The van der Waals surface area contributed by atoms with Crippen LogP contribution in [0.2, 0.25) is 5.02 Å². The summed E-state index contributed by atoms with van der Waals surface area (Å²) in [6, 6.07) is 15.2. The van der Waals surface area contributed by atoms with E-state index >= 15 is 0 Å². The van der Waals surface area contributed by atoms with Gasteiger partial charge < -0.3 is 10.1 Å². The Hall–Kier alpha value is -2.37. The first kappa shape index (κ1) is 18.0. The zero-order chi connectivity index (χ0) is 17.2. The van der Waals surface area contributed by atoms with E-state index in [1.54, 1.807) is 12.3 Å². The molecule has 2 aromatic carbocycles. The first-order chi connectivity index (χ1) is 11.7. The number of hydrazone groups is 1. The largest absolute Gasteiger partial charge is 0.489 e. The smallest absolute Gasteiger partial charge is 0.187 e. The lowest BCUT2D eigenvalue weighted by atomic mass is 10.2. The van der Waals surface area contributed by atoms with Gasteiger partial charge in [0.1, 0.15) is 12.4 Å². The molecule has 0 heterocycles. The van der Waals surface area contributed by atoms with E-state index in [1.807, 2.05) is 48.5 Å². The van der Waals surface area contributed by atoms with E-state index in [1.165, 1.54) is 0 Å². The van der Waals surface area contributed by atoms with E-state index in [0.717, 1.165) is 16.9 Å². The quantitative estimate of drug-likeness (QED) is 0.340. The van der Waals surface area contributed by atoms with E-state index in [9.17, 15) is 0 Å². The average molecular weight is 360 g/mol. The molecule has 0 bridgehead atoms. The minimum absolute atomic E-state index is 0.411. The van der Waals surface area contributed by atoms with Crippen molar-refractivity contribution in [2.24, 2.45) is 5.10 Å². The summed E-state index contributed by atoms with van der Waals surface area (Å²) in [6.07, 6.45) is 3.39. The van der Waals surface area contributed by atoms with E-state index in [2.05, 4.69) is 22.4 Å². The number of rotatable bonds is 7. The van der Waals surface area contributed by atoms with Crippen molar-refractivity contribution < 1.29 is 4.74 Å². The molecule has 2 aromatic rings. The maximum Gasteiger partial charge on any atom is 0.187 e. The summed E-state index contributed by atoms with van der Waals surface area (Å²) in [4.78, 5) is 0. The van der Waals surface area contributed by atoms with Gasteiger partial charge in [-0.15, -0.1) is 6.58 Å². The fourth-order valence-electron chi connectivity index (χ4n) is 1.83. The first-order valence-corrected chi connectivity index (χ1v) is 8.11. The highest BCUT2D eigenvalue weighted by Gasteiger charge is 2.01. The minimum Gasteiger partial charge on any atom is -0.489 e. The third-order valence-electron chi connectivity index (χ3n) is 3.00. The van der Waals surface area contributed by atoms with Gasteiger partial charge in [0.25, 0.3) is 0 Å². The molecule has 4 nitrogen and oxygen atoms in total. The zero-order valence-electron chi connectivity index (χ0n) is 13.0. The van der Waals surface area contributed by atoms with Gasteiger partial charge in [0, 0.05) is 17.1 Å². The Labute approximate surface area is 152 Å². The van der Waals surface area contributed by atoms with Crippen LogP contribution in [0.1, 0.15) is 11.1 Å². The maximum absolute atomic E-state index is 6.12. The monoisotopic (exact) mass is 359 g/mol. The molecular formula is C18H18ClN3OS. The number of ether oxygens (including phenoxy) is 1. The fourth-order valence-corrected chi connectivity index (χ4v) is 2.16. The topological polar surface area (TPSA) is 45.7 Å². The summed E-state index contributed by atoms with van der Waals surface area (Å²) in [6.45, 7) is 4.61. The van der Waals surface area contributed by atoms with Crippen LogP contribution in [0.15, 0.2) is 66.3 Å². The molecule has 0 aliphatic rings. The van der Waals surface area contributed by atoms with Crippen LogP contribution in [0, 0.1) is 0 Å². The molecule has 124 valence electrons. The Balaban J connectivity index is 1.90. The Bertz CT molecular complexity index is 734. The summed E-state index contributed by atoms with van der Waals surface area (Å²) < 4.78 is 5.78. The maximum atomic E-state index is 6.12. The Morgan fingerprint density at radius 1 is 1.25 bits per heavy atom. The van der Waals surface area contributed by atoms with Crippen molar-refractivity contribution in [2.45, 2.75) is 6.61 Å². The van der Waals surface area contributed by atoms with Gasteiger partial charge in [0.05, 0.1) is 6.21 Å². The second kappa shape index (κ2) is 9.70. The number of nitrogens with zero attached hydrogens (tertiary/aromatic N) is 1. The molecule has 0 unspecified atom stereocenters. The summed E-state index contributed by atoms with van der Waals surface area (Å²) >= 11 is 11.2. The van der Waals surface area contributed by atoms with E-state index in [4.69, 9.17) is 28.6 Å². The molecule has 0 saturated heterocycles. The molecule has 0 saturated carbocycles. The third-order valence-corrected chi connectivity index (χ3v) is 3.60. The highest BCUT2D eigenvalue weighted by molar-refractivity contribution is 7.80. The van der Waals surface area contributed by atoms with Crippen molar-refractivity contribution in [3.8, 4) is 5.75 Å². The van der Waals surface area contributed by atoms with Crippen molar-refractivity contribution in [2.75, 3.05) is 6.54 Å². The predicted octanol–water partition coefficient (Wildman–Crippen LogP) is 3.90. The highest BCUT2D eigenvalue weighted by Crippen LogP contribution is 2.19. The summed E-state index contributed by atoms with van der Waals surface area (Å²) in [5.74, 6) is 0.742. The van der Waals surface area contributed by atoms with Gasteiger partial charge in [-0.3, -0.25) is 5.43 Å². The zero-order valence-corrected chi connectivity index (χ0v) is 14.6. The van der Waals surface area contributed by atoms with E-state index in [-0.39, 0.29) is 0 Å². The van der Waals surface area contributed by atoms with Crippen LogP contribution in [0.25, 0.3) is 0 Å². The van der Waals surface area contributed by atoms with Crippen molar-refractivity contribution in [3.05, 3.63) is 77.3 Å². The Morgan fingerprint density at radius 3 is 2.88 bits per heavy atom. The van der Waals surface area contributed by atoms with Crippen LogP contribution in [-0.2, 0) is 6.61 Å². The summed E-state index contributed by atoms with van der Waals surface area (Å²) in [5, 5.41) is 8.14. The van der Waals surface area contributed by atoms with Gasteiger partial charge in [-0.25, -0.2) is 0 Å². The first-order valence-electron chi connectivity index (χ1n) is 7.33. The van der Waals surface area contributed by atoms with Crippen molar-refractivity contribution in [3.63, 3.8) is 0 Å². The van der Waals surface area contributed by atoms with Crippen LogP contribution in [0.5, 0.6) is 5.75 Å². The van der Waals surface area contributed by atoms with E-state index in [0.29, 0.717) is 23.3 Å². The predicted molar refractivity (Wildman–Crippen MR) is 104 cm³/mol. The van der Waals surface area contributed by atoms with Gasteiger partial charge in [0.15, 0.2) is 5.11 Å². The van der Waals surface area contributed by atoms with Gasteiger partial charge in [0.2, 0.25) is 0 Å². The van der Waals surface area contributed by atoms with Gasteiger partial charge >= 0.3 is 0 Å². The van der Waals surface area contributed by atoms with Gasteiger partial charge in [-0.05, 0) is 36.0 Å². The number of benzene rings is 2. The molecule has 0 aliphatic heterocycles. The van der Waals surface area contributed by atoms with Crippen LogP contribution in [0.4, 0.5) is 0 Å². The molecule has 0 aromatic heterocycles. The second-order valence-electron chi connectivity index (χ2n) is 4.82. The van der Waals surface area contributed by atoms with Crippen LogP contribution < -0.4 is 15.5 Å². The third kappa shape index (κ3) is 6.02. The lowest BCUT2D eigenvalue weighted by molar-refractivity contribution is 0.306.